The molecule has 0 radical (unpaired) electrons. The Balaban J connectivity index is 2.16. The van der Waals surface area contributed by atoms with Gasteiger partial charge in [0.15, 0.2) is 0 Å². The summed E-state index contributed by atoms with van der Waals surface area (Å²) in [6, 6.07) is 9.55. The van der Waals surface area contributed by atoms with Gasteiger partial charge in [-0.1, -0.05) is 37.5 Å². The van der Waals surface area contributed by atoms with Crippen molar-refractivity contribution in [2.24, 2.45) is 0 Å². The van der Waals surface area contributed by atoms with Crippen LogP contribution in [0.3, 0.4) is 0 Å². The van der Waals surface area contributed by atoms with Gasteiger partial charge in [-0.15, -0.1) is 0 Å². The maximum absolute atomic E-state index is 11.6. The smallest absolute Gasteiger partial charge is 0.336 e. The molecule has 0 atom stereocenters. The van der Waals surface area contributed by atoms with Gasteiger partial charge in [-0.05, 0) is 30.4 Å². The lowest BCUT2D eigenvalue weighted by molar-refractivity contribution is 0.442. The molecule has 1 fully saturated rings. The van der Waals surface area contributed by atoms with E-state index in [2.05, 4.69) is 6.07 Å². The highest BCUT2D eigenvalue weighted by Gasteiger charge is 2.18. The minimum atomic E-state index is -0.218. The molecule has 2 nitrogen and oxygen atoms in total. The summed E-state index contributed by atoms with van der Waals surface area (Å²) in [6.07, 6.45) is 6.29. The third-order valence-corrected chi connectivity index (χ3v) is 3.73. The van der Waals surface area contributed by atoms with E-state index in [0.717, 1.165) is 11.0 Å². The maximum atomic E-state index is 11.6. The summed E-state index contributed by atoms with van der Waals surface area (Å²) < 4.78 is 5.24. The summed E-state index contributed by atoms with van der Waals surface area (Å²) in [4.78, 5) is 11.6. The lowest BCUT2D eigenvalue weighted by Crippen LogP contribution is -2.09. The van der Waals surface area contributed by atoms with Crippen molar-refractivity contribution >= 4 is 11.0 Å². The van der Waals surface area contributed by atoms with Crippen molar-refractivity contribution in [1.82, 2.24) is 0 Å². The van der Waals surface area contributed by atoms with Gasteiger partial charge in [0.2, 0.25) is 0 Å². The zero-order chi connectivity index (χ0) is 11.7. The van der Waals surface area contributed by atoms with Crippen LogP contribution in [0.15, 0.2) is 39.5 Å². The van der Waals surface area contributed by atoms with Crippen LogP contribution in [0.4, 0.5) is 0 Å². The van der Waals surface area contributed by atoms with Gasteiger partial charge in [-0.3, -0.25) is 0 Å². The van der Waals surface area contributed by atoms with E-state index in [1.807, 2.05) is 18.2 Å². The molecule has 1 aliphatic carbocycles. The molecule has 1 heterocycles. The van der Waals surface area contributed by atoms with Crippen molar-refractivity contribution < 1.29 is 4.42 Å². The SMILES string of the molecule is O=c1cc(C2CCCCC2)c2ccccc2o1. The first-order chi connectivity index (χ1) is 8.34. The molecule has 3 rings (SSSR count). The monoisotopic (exact) mass is 228 g/mol. The molecule has 88 valence electrons. The number of rotatable bonds is 1. The van der Waals surface area contributed by atoms with E-state index in [9.17, 15) is 4.79 Å². The van der Waals surface area contributed by atoms with Gasteiger partial charge in [0.25, 0.3) is 0 Å². The molecule has 0 aliphatic heterocycles. The van der Waals surface area contributed by atoms with Crippen LogP contribution < -0.4 is 5.63 Å². The molecule has 1 aromatic heterocycles. The fourth-order valence-electron chi connectivity index (χ4n) is 2.89. The molecule has 0 amide bonds. The lowest BCUT2D eigenvalue weighted by atomic mass is 9.83. The Kier molecular flexibility index (Phi) is 2.71. The van der Waals surface area contributed by atoms with Crippen molar-refractivity contribution in [2.75, 3.05) is 0 Å². The summed E-state index contributed by atoms with van der Waals surface area (Å²) in [5, 5.41) is 1.11. The second-order valence-corrected chi connectivity index (χ2v) is 4.85. The molecule has 0 spiro atoms. The molecular weight excluding hydrogens is 212 g/mol. The number of hydrogen-bond acceptors (Lipinski definition) is 2. The van der Waals surface area contributed by atoms with Gasteiger partial charge in [-0.25, -0.2) is 4.79 Å². The first-order valence-corrected chi connectivity index (χ1v) is 6.37. The molecule has 0 N–H and O–H groups in total. The van der Waals surface area contributed by atoms with Crippen LogP contribution in [0.2, 0.25) is 0 Å². The molecule has 2 aromatic rings. The highest BCUT2D eigenvalue weighted by atomic mass is 16.4. The van der Waals surface area contributed by atoms with Gasteiger partial charge in [0.05, 0.1) is 0 Å². The topological polar surface area (TPSA) is 30.2 Å². The molecule has 1 aromatic carbocycles. The molecule has 2 heteroatoms. The quantitative estimate of drug-likeness (QED) is 0.694. The molecule has 1 saturated carbocycles. The van der Waals surface area contributed by atoms with Crippen LogP contribution in [-0.4, -0.2) is 0 Å². The molecule has 1 aliphatic rings. The van der Waals surface area contributed by atoms with Gasteiger partial charge < -0.3 is 4.42 Å². The van der Waals surface area contributed by atoms with Crippen molar-refractivity contribution in [3.8, 4) is 0 Å². The average Bonchev–Trinajstić information content (AvgIpc) is 2.39. The summed E-state index contributed by atoms with van der Waals surface area (Å²) in [5.74, 6) is 0.540. The number of hydrogen-bond donors (Lipinski definition) is 0. The van der Waals surface area contributed by atoms with E-state index >= 15 is 0 Å². The number of benzene rings is 1. The zero-order valence-corrected chi connectivity index (χ0v) is 9.82. The van der Waals surface area contributed by atoms with Crippen molar-refractivity contribution in [3.05, 3.63) is 46.3 Å². The van der Waals surface area contributed by atoms with E-state index in [0.29, 0.717) is 5.92 Å². The molecule has 0 bridgehead atoms. The Hall–Kier alpha value is -1.57. The van der Waals surface area contributed by atoms with E-state index in [-0.39, 0.29) is 5.63 Å². The zero-order valence-electron chi connectivity index (χ0n) is 9.82. The maximum Gasteiger partial charge on any atom is 0.336 e. The largest absolute Gasteiger partial charge is 0.423 e. The van der Waals surface area contributed by atoms with Gasteiger partial charge in [-0.2, -0.15) is 0 Å². The highest BCUT2D eigenvalue weighted by Crippen LogP contribution is 2.35. The van der Waals surface area contributed by atoms with Crippen molar-refractivity contribution in [2.45, 2.75) is 38.0 Å². The predicted octanol–water partition coefficient (Wildman–Crippen LogP) is 3.84. The number of para-hydroxylation sites is 1. The third-order valence-electron chi connectivity index (χ3n) is 3.73. The Morgan fingerprint density at radius 1 is 1.06 bits per heavy atom. The van der Waals surface area contributed by atoms with E-state index in [4.69, 9.17) is 4.42 Å². The van der Waals surface area contributed by atoms with E-state index in [1.165, 1.54) is 37.7 Å². The Morgan fingerprint density at radius 3 is 2.65 bits per heavy atom. The van der Waals surface area contributed by atoms with Crippen molar-refractivity contribution in [1.29, 1.82) is 0 Å². The van der Waals surface area contributed by atoms with Gasteiger partial charge in [0.1, 0.15) is 5.58 Å². The first-order valence-electron chi connectivity index (χ1n) is 6.37. The second-order valence-electron chi connectivity index (χ2n) is 4.85. The first kappa shape index (κ1) is 10.6. The normalized spacial score (nSPS) is 17.4. The van der Waals surface area contributed by atoms with Crippen LogP contribution in [-0.2, 0) is 0 Å². The van der Waals surface area contributed by atoms with E-state index < -0.39 is 0 Å². The summed E-state index contributed by atoms with van der Waals surface area (Å²) >= 11 is 0. The molecule has 17 heavy (non-hydrogen) atoms. The summed E-state index contributed by atoms with van der Waals surface area (Å²) in [7, 11) is 0. The fourth-order valence-corrected chi connectivity index (χ4v) is 2.89. The van der Waals surface area contributed by atoms with Crippen LogP contribution in [0.5, 0.6) is 0 Å². The minimum Gasteiger partial charge on any atom is -0.423 e. The van der Waals surface area contributed by atoms with Crippen LogP contribution >= 0.6 is 0 Å². The summed E-state index contributed by atoms with van der Waals surface area (Å²) in [5.41, 5.74) is 1.70. The molecular formula is C15H16O2. The second kappa shape index (κ2) is 4.36. The standard InChI is InChI=1S/C15H16O2/c16-15-10-13(11-6-2-1-3-7-11)12-8-4-5-9-14(12)17-15/h4-5,8-11H,1-3,6-7H2. The highest BCUT2D eigenvalue weighted by molar-refractivity contribution is 5.80. The third kappa shape index (κ3) is 1.99. The molecule has 0 unspecified atom stereocenters. The van der Waals surface area contributed by atoms with Crippen LogP contribution in [0.1, 0.15) is 43.6 Å². The molecule has 0 saturated heterocycles. The predicted molar refractivity (Wildman–Crippen MR) is 68.3 cm³/mol. The van der Waals surface area contributed by atoms with Crippen LogP contribution in [0.25, 0.3) is 11.0 Å². The van der Waals surface area contributed by atoms with Crippen LogP contribution in [0, 0.1) is 0 Å². The van der Waals surface area contributed by atoms with Gasteiger partial charge >= 0.3 is 5.63 Å². The van der Waals surface area contributed by atoms with Gasteiger partial charge in [0, 0.05) is 11.5 Å². The Labute approximate surface area is 100 Å². The van der Waals surface area contributed by atoms with Crippen molar-refractivity contribution in [3.63, 3.8) is 0 Å². The average molecular weight is 228 g/mol. The summed E-state index contributed by atoms with van der Waals surface area (Å²) in [6.45, 7) is 0. The Morgan fingerprint density at radius 2 is 1.82 bits per heavy atom. The minimum absolute atomic E-state index is 0.218. The Bertz CT molecular complexity index is 577. The number of fused-ring (bicyclic) bond motifs is 1. The fraction of sp³-hybridized carbons (Fsp3) is 0.400. The van der Waals surface area contributed by atoms with E-state index in [1.54, 1.807) is 6.07 Å². The lowest BCUT2D eigenvalue weighted by Gasteiger charge is -2.22.